The number of ether oxygens (including phenoxy) is 3. The lowest BCUT2D eigenvalue weighted by atomic mass is 9.59. The van der Waals surface area contributed by atoms with Gasteiger partial charge in [-0.05, 0) is 220 Å². The molecule has 490 valence electrons. The number of carbonyl (C=O) groups excluding carboxylic acids is 4. The van der Waals surface area contributed by atoms with Gasteiger partial charge in [-0.15, -0.1) is 0 Å². The molecule has 9 aliphatic carbocycles. The Balaban J connectivity index is 0.000000112. The van der Waals surface area contributed by atoms with Gasteiger partial charge < -0.3 is 40.0 Å². The Morgan fingerprint density at radius 1 is 0.468 bits per heavy atom. The molecule has 3 saturated heterocycles. The van der Waals surface area contributed by atoms with Gasteiger partial charge in [0, 0.05) is 94.2 Å². The van der Waals surface area contributed by atoms with Crippen molar-refractivity contribution in [3.63, 3.8) is 0 Å². The number of aromatic nitrogens is 3. The summed E-state index contributed by atoms with van der Waals surface area (Å²) in [5.74, 6) is 1.10. The van der Waals surface area contributed by atoms with Gasteiger partial charge in [0.05, 0.1) is 69.3 Å². The summed E-state index contributed by atoms with van der Waals surface area (Å²) < 4.78 is 21.4. The van der Waals surface area contributed by atoms with E-state index in [0.29, 0.717) is 48.2 Å². The predicted molar refractivity (Wildman–Crippen MR) is 363 cm³/mol. The smallest absolute Gasteiger partial charge is 0.251 e. The van der Waals surface area contributed by atoms with Gasteiger partial charge in [0.2, 0.25) is 0 Å². The Kier molecular flexibility index (Phi) is 14.7. The van der Waals surface area contributed by atoms with E-state index in [9.17, 15) is 19.2 Å². The zero-order chi connectivity index (χ0) is 64.8. The van der Waals surface area contributed by atoms with E-state index in [2.05, 4.69) is 144 Å². The fourth-order valence-corrected chi connectivity index (χ4v) is 21.6. The van der Waals surface area contributed by atoms with E-state index >= 15 is 0 Å². The molecule has 6 spiro atoms. The van der Waals surface area contributed by atoms with Crippen LogP contribution in [0.15, 0.2) is 178 Å². The summed E-state index contributed by atoms with van der Waals surface area (Å²) in [6, 6.07) is 12.3. The lowest BCUT2D eigenvalue weighted by molar-refractivity contribution is -0.145. The first kappa shape index (κ1) is 61.8. The van der Waals surface area contributed by atoms with Gasteiger partial charge in [-0.2, -0.15) is 0 Å². The number of nitrogens with one attached hydrogen (secondary N) is 3. The number of anilines is 3. The van der Waals surface area contributed by atoms with Crippen LogP contribution in [0.25, 0.3) is 0 Å². The molecule has 15 aliphatic rings. The molecular formula is C79H92N8O7. The minimum atomic E-state index is -0.397. The van der Waals surface area contributed by atoms with Gasteiger partial charge in [0.25, 0.3) is 17.7 Å². The van der Waals surface area contributed by atoms with Crippen LogP contribution in [0.1, 0.15) is 156 Å². The van der Waals surface area contributed by atoms with Crippen LogP contribution >= 0.6 is 0 Å². The second-order valence-corrected chi connectivity index (χ2v) is 31.6. The first-order valence-electron chi connectivity index (χ1n) is 35.1. The molecule has 94 heavy (non-hydrogen) atoms. The molecule has 6 bridgehead atoms. The maximum absolute atomic E-state index is 13.3. The average Bonchev–Trinajstić information content (AvgIpc) is 1.52. The van der Waals surface area contributed by atoms with Crippen LogP contribution in [0.2, 0.25) is 0 Å². The number of hydrogen-bond donors (Lipinski definition) is 3. The second-order valence-electron chi connectivity index (χ2n) is 31.6. The largest absolute Gasteiger partial charge is 0.359 e. The van der Waals surface area contributed by atoms with Gasteiger partial charge >= 0.3 is 0 Å². The van der Waals surface area contributed by atoms with Crippen LogP contribution in [0.4, 0.5) is 17.1 Å². The van der Waals surface area contributed by atoms with Crippen molar-refractivity contribution in [1.82, 2.24) is 24.8 Å². The Bertz CT molecular complexity index is 3810. The highest BCUT2D eigenvalue weighted by molar-refractivity contribution is 6.06. The average molecular weight is 1270 g/mol. The molecule has 15 nitrogen and oxygen atoms in total. The number of rotatable bonds is 8. The summed E-state index contributed by atoms with van der Waals surface area (Å²) in [6.45, 7) is 6.76. The maximum Gasteiger partial charge on any atom is 0.251 e. The molecule has 0 aromatic carbocycles. The molecule has 3 aromatic rings. The number of allylic oxidation sites excluding steroid dienone is 6. The minimum Gasteiger partial charge on any atom is -0.359 e. The van der Waals surface area contributed by atoms with Crippen molar-refractivity contribution in [2.24, 2.45) is 34.0 Å². The second kappa shape index (κ2) is 22.3. The van der Waals surface area contributed by atoms with Crippen LogP contribution < -0.4 is 16.0 Å². The normalized spacial score (nSPS) is 39.2. The van der Waals surface area contributed by atoms with Crippen molar-refractivity contribution >= 4 is 40.6 Å². The van der Waals surface area contributed by atoms with E-state index in [1.165, 1.54) is 46.3 Å². The quantitative estimate of drug-likeness (QED) is 0.195. The van der Waals surface area contributed by atoms with Crippen LogP contribution in [0, 0.1) is 34.0 Å². The summed E-state index contributed by atoms with van der Waals surface area (Å²) in [5.41, 5.74) is 11.1. The van der Waals surface area contributed by atoms with Crippen LogP contribution in [0.3, 0.4) is 0 Å². The van der Waals surface area contributed by atoms with Gasteiger partial charge in [0.1, 0.15) is 5.78 Å². The number of Topliss-reactive ketones (excluding diaryl/α,β-unsaturated/α-hetero) is 1. The number of carbonyl (C=O) groups is 4. The Hall–Kier alpha value is -7.01. The third-order valence-corrected chi connectivity index (χ3v) is 26.5. The Morgan fingerprint density at radius 3 is 1.17 bits per heavy atom. The van der Waals surface area contributed by atoms with Gasteiger partial charge in [0.15, 0.2) is 0 Å². The highest BCUT2D eigenvalue weighted by atomic mass is 16.5. The third kappa shape index (κ3) is 9.37. The standard InChI is InChI=1S/2C27H33N3O2.C25H26N2O3/c2*1-25-11-10-19-15-18-6-7-21(30(2)3)16-26(18)12-13-27(19,32-26)23(25)9-8-22(25)24(31)29-20-5-4-14-28-17-20;1-23-9-8-17-13-16-4-5-19(28)14-24(16)10-11-25(17,30-24)21(23)7-6-20(23)22(29)27-18-3-2-12-26-15-18/h2*4-5,8,10,14-15,17,21,23H,6-7,9,11-13,16H2,1-3H3,(H,29,31);2-3,6,8,12-13,15,21H,4-5,7,9-11,14H2,1H3,(H,27,29)/t21-,23+,25+,26+,27+;21-,23-,25-,26-,27-;21-,23-,24-,25-/m011/s1. The first-order valence-corrected chi connectivity index (χ1v) is 35.1. The molecule has 3 saturated carbocycles. The molecule has 3 N–H and O–H groups in total. The highest BCUT2D eigenvalue weighted by Gasteiger charge is 2.69. The molecule has 3 aromatic heterocycles. The lowest BCUT2D eigenvalue weighted by Gasteiger charge is -2.54. The van der Waals surface area contributed by atoms with Crippen LogP contribution in [-0.4, -0.2) is 122 Å². The van der Waals surface area contributed by atoms with Gasteiger partial charge in [-0.25, -0.2) is 0 Å². The molecular weight excluding hydrogens is 1170 g/mol. The topological polar surface area (TPSA) is 177 Å². The van der Waals surface area contributed by atoms with Crippen LogP contribution in [-0.2, 0) is 33.4 Å². The summed E-state index contributed by atoms with van der Waals surface area (Å²) in [6.07, 6.45) is 51.3. The van der Waals surface area contributed by atoms with Crippen molar-refractivity contribution in [3.05, 3.63) is 178 Å². The third-order valence-electron chi connectivity index (χ3n) is 26.5. The number of pyridine rings is 3. The minimum absolute atomic E-state index is 0.00124. The summed E-state index contributed by atoms with van der Waals surface area (Å²) >= 11 is 0. The van der Waals surface area contributed by atoms with Crippen LogP contribution in [0.5, 0.6) is 0 Å². The first-order chi connectivity index (χ1) is 45.2. The summed E-state index contributed by atoms with van der Waals surface area (Å²) in [7, 11) is 8.78. The molecule has 15 heteroatoms. The molecule has 3 amide bonds. The molecule has 6 fully saturated rings. The molecule has 0 unspecified atom stereocenters. The number of hydrogen-bond acceptors (Lipinski definition) is 12. The molecule has 0 radical (unpaired) electrons. The van der Waals surface area contributed by atoms with E-state index in [1.54, 1.807) is 37.2 Å². The fourth-order valence-electron chi connectivity index (χ4n) is 21.6. The maximum atomic E-state index is 13.3. The number of amides is 3. The van der Waals surface area contributed by atoms with Gasteiger partial charge in [-0.3, -0.25) is 34.1 Å². The van der Waals surface area contributed by atoms with E-state index in [-0.39, 0.29) is 67.9 Å². The number of fused-ring (bicyclic) bond motifs is 3. The Labute approximate surface area is 553 Å². The van der Waals surface area contributed by atoms with Crippen molar-refractivity contribution in [3.8, 4) is 0 Å². The Morgan fingerprint density at radius 2 is 0.819 bits per heavy atom. The SMILES string of the molecule is CN(C)[C@@H]1CCC2=CC3=CC[C@]4(C)C(C(=O)Nc5cccnc5)=CC[C@H]4[C@@]34CC[C@]2(C1)O4.CN(C)[C@H]1CCC2=CC3=CC[C@]4(C)C(C(=O)Nc5cccnc5)=CC[C@H]4[C@@]34CC[C@]2(C1)O4.C[C@]12CC=C3C=C4CCC(=O)C[C@]45CC[C@]3(O5)[C@@H]1CC=C2C(=O)Nc1cccnc1. The van der Waals surface area contributed by atoms with Crippen molar-refractivity contribution in [1.29, 1.82) is 0 Å². The monoisotopic (exact) mass is 1260 g/mol. The van der Waals surface area contributed by atoms with E-state index < -0.39 is 5.60 Å². The van der Waals surface area contributed by atoms with Gasteiger partial charge in [-0.1, -0.05) is 75.5 Å². The predicted octanol–water partition coefficient (Wildman–Crippen LogP) is 13.6. The zero-order valence-corrected chi connectivity index (χ0v) is 56.0. The lowest BCUT2D eigenvalue weighted by Crippen LogP contribution is -2.55. The molecule has 18 rings (SSSR count). The fraction of sp³-hybridized carbons (Fsp3) is 0.532. The van der Waals surface area contributed by atoms with E-state index in [4.69, 9.17) is 14.2 Å². The molecule has 14 atom stereocenters. The van der Waals surface area contributed by atoms with E-state index in [1.807, 2.05) is 36.4 Å². The summed E-state index contributed by atoms with van der Waals surface area (Å²) in [5, 5.41) is 9.15. The van der Waals surface area contributed by atoms with E-state index in [0.717, 1.165) is 137 Å². The van der Waals surface area contributed by atoms with Crippen molar-refractivity contribution in [2.45, 2.75) is 201 Å². The number of nitrogens with zero attached hydrogens (tertiary/aromatic N) is 5. The number of ketones is 1. The molecule has 6 aliphatic heterocycles. The summed E-state index contributed by atoms with van der Waals surface area (Å²) in [4.78, 5) is 69.1. The zero-order valence-electron chi connectivity index (χ0n) is 56.0. The highest BCUT2D eigenvalue weighted by Crippen LogP contribution is 2.70. The van der Waals surface area contributed by atoms with Crippen molar-refractivity contribution < 1.29 is 33.4 Å². The van der Waals surface area contributed by atoms with Crippen molar-refractivity contribution in [2.75, 3.05) is 44.1 Å². The molecule has 9 heterocycles.